The van der Waals surface area contributed by atoms with Crippen LogP contribution in [-0.2, 0) is 23.7 Å². The number of benzene rings is 15. The molecule has 2 atom stereocenters. The summed E-state index contributed by atoms with van der Waals surface area (Å²) in [5, 5.41) is 0. The summed E-state index contributed by atoms with van der Waals surface area (Å²) < 4.78 is 32.0. The van der Waals surface area contributed by atoms with Gasteiger partial charge in [0.15, 0.2) is 0 Å². The molecule has 15 aromatic rings. The number of anilines is 6. The summed E-state index contributed by atoms with van der Waals surface area (Å²) in [5.74, 6) is -0.551. The molecule has 0 bridgehead atoms. The molecule has 2 unspecified atom stereocenters. The van der Waals surface area contributed by atoms with Crippen molar-refractivity contribution < 1.29 is 8.78 Å². The summed E-state index contributed by atoms with van der Waals surface area (Å²) in [6, 6.07) is 126. The number of hydrogen-bond donors (Lipinski definition) is 0. The van der Waals surface area contributed by atoms with E-state index in [9.17, 15) is 0 Å². The molecule has 17 rings (SSSR count). The molecule has 2 nitrogen and oxygen atoms in total. The third kappa shape index (κ3) is 13.4. The highest BCUT2D eigenvalue weighted by Gasteiger charge is 2.48. The smallest absolute Gasteiger partial charge is 0.123 e. The molecule has 0 radical (unpaired) electrons. The first-order valence-corrected chi connectivity index (χ1v) is 39.9. The fourth-order valence-corrected chi connectivity index (χ4v) is 18.0. The highest BCUT2D eigenvalue weighted by molar-refractivity contribution is 5.93. The number of hydrogen-bond acceptors (Lipinski definition) is 2. The lowest BCUT2D eigenvalue weighted by atomic mass is 9.67. The van der Waals surface area contributed by atoms with Crippen LogP contribution < -0.4 is 9.80 Å². The van der Waals surface area contributed by atoms with Crippen LogP contribution in [0.15, 0.2) is 365 Å². The van der Waals surface area contributed by atoms with Gasteiger partial charge in [0.05, 0.1) is 10.8 Å². The van der Waals surface area contributed by atoms with Gasteiger partial charge < -0.3 is 9.80 Å². The average molecular weight is 1450 g/mol. The van der Waals surface area contributed by atoms with Crippen LogP contribution in [0, 0.1) is 11.6 Å². The lowest BCUT2D eigenvalue weighted by Crippen LogP contribution is -2.29. The van der Waals surface area contributed by atoms with E-state index < -0.39 is 10.8 Å². The van der Waals surface area contributed by atoms with E-state index in [4.69, 9.17) is 0 Å². The predicted molar refractivity (Wildman–Crippen MR) is 468 cm³/mol. The second kappa shape index (κ2) is 31.7. The van der Waals surface area contributed by atoms with E-state index >= 15 is 8.78 Å². The van der Waals surface area contributed by atoms with Crippen LogP contribution in [0.4, 0.5) is 42.9 Å². The van der Waals surface area contributed by atoms with E-state index in [1.165, 1.54) is 46.2 Å². The van der Waals surface area contributed by atoms with Crippen LogP contribution in [0.1, 0.15) is 132 Å². The van der Waals surface area contributed by atoms with Crippen molar-refractivity contribution in [2.24, 2.45) is 0 Å². The predicted octanol–water partition coefficient (Wildman–Crippen LogP) is 29.8. The van der Waals surface area contributed by atoms with Crippen LogP contribution in [0.25, 0.3) is 78.9 Å². The second-order valence-corrected chi connectivity index (χ2v) is 30.1. The molecule has 0 aliphatic heterocycles. The molecule has 2 aliphatic carbocycles. The molecular formula is C108H90F2N2. The largest absolute Gasteiger partial charge is 0.310 e. The lowest BCUT2D eigenvalue weighted by molar-refractivity contribution is 0.620. The Morgan fingerprint density at radius 2 is 0.589 bits per heavy atom. The van der Waals surface area contributed by atoms with Gasteiger partial charge in [0, 0.05) is 34.1 Å². The first kappa shape index (κ1) is 72.1. The zero-order chi connectivity index (χ0) is 76.1. The summed E-state index contributed by atoms with van der Waals surface area (Å²) >= 11 is 0. The number of rotatable bonds is 26. The highest BCUT2D eigenvalue weighted by Crippen LogP contribution is 2.60. The summed E-state index contributed by atoms with van der Waals surface area (Å²) in [6.45, 7) is 12.8. The van der Waals surface area contributed by atoms with Gasteiger partial charge in [0.2, 0.25) is 0 Å². The lowest BCUT2D eigenvalue weighted by Gasteiger charge is -2.35. The third-order valence-corrected chi connectivity index (χ3v) is 23.5. The van der Waals surface area contributed by atoms with E-state index in [0.29, 0.717) is 0 Å². The van der Waals surface area contributed by atoms with E-state index in [1.807, 2.05) is 24.3 Å². The Morgan fingerprint density at radius 3 is 0.946 bits per heavy atom. The molecular weight excluding hydrogens is 1360 g/mol. The fourth-order valence-electron chi connectivity index (χ4n) is 18.0. The number of nitrogens with zero attached hydrogens (tertiary/aromatic N) is 2. The second-order valence-electron chi connectivity index (χ2n) is 30.1. The molecule has 0 N–H and O–H groups in total. The zero-order valence-corrected chi connectivity index (χ0v) is 63.8. The molecule has 15 aromatic carbocycles. The van der Waals surface area contributed by atoms with Crippen LogP contribution in [0.2, 0.25) is 0 Å². The van der Waals surface area contributed by atoms with Crippen molar-refractivity contribution in [1.82, 2.24) is 0 Å². The van der Waals surface area contributed by atoms with Gasteiger partial charge in [-0.2, -0.15) is 0 Å². The van der Waals surface area contributed by atoms with E-state index in [1.54, 1.807) is 24.3 Å². The van der Waals surface area contributed by atoms with Crippen molar-refractivity contribution in [2.45, 2.75) is 88.9 Å². The standard InChI is InChI=1S/C108H90F2N2/c1-5-9-11-15-31-83-69-102(82-51-63-94(64-52-82)112(92-59-47-80(48-60-92)78-29-19-14-20-30-78)96-66-68-100-98-38-22-24-40-104(98)108(106(100)74-96,88-34-26-36-90(110)72-88)86-55-43-76(8-4)44-56-86)84(32-16-12-10-6-2)70-101(83)81-49-61-93(62-50-81)111(91-57-45-79(46-58-91)77-27-17-13-18-28-77)95-65-67-99-97-37-21-23-39-103(97)107(105(99)73-95,87-33-25-35-89(109)71-87)85-53-41-75(7-3)42-54-85/h7-8,13-14,17-30,33-74H,3-6,9-12,15-16,31-32H2,1-2H3. The van der Waals surface area contributed by atoms with Crippen molar-refractivity contribution in [3.63, 3.8) is 0 Å². The number of unbranched alkanes of at least 4 members (excludes halogenated alkanes) is 6. The van der Waals surface area contributed by atoms with Gasteiger partial charge in [-0.05, 0) is 256 Å². The van der Waals surface area contributed by atoms with Crippen LogP contribution >= 0.6 is 0 Å². The average Bonchev–Trinajstić information content (AvgIpc) is 1.54. The normalized spacial score (nSPS) is 14.4. The minimum atomic E-state index is -0.846. The Morgan fingerprint density at radius 1 is 0.259 bits per heavy atom. The van der Waals surface area contributed by atoms with Gasteiger partial charge in [-0.3, -0.25) is 0 Å². The Balaban J connectivity index is 0.788. The van der Waals surface area contributed by atoms with Gasteiger partial charge >= 0.3 is 0 Å². The van der Waals surface area contributed by atoms with Crippen molar-refractivity contribution in [3.8, 4) is 66.8 Å². The molecule has 0 spiro atoms. The minimum Gasteiger partial charge on any atom is -0.310 e. The van der Waals surface area contributed by atoms with E-state index in [0.717, 1.165) is 186 Å². The molecule has 2 aliphatic rings. The van der Waals surface area contributed by atoms with E-state index in [2.05, 4.69) is 352 Å². The third-order valence-electron chi connectivity index (χ3n) is 23.5. The molecule has 0 aromatic heterocycles. The van der Waals surface area contributed by atoms with Gasteiger partial charge in [0.1, 0.15) is 11.6 Å². The maximum absolute atomic E-state index is 16.0. The van der Waals surface area contributed by atoms with E-state index in [-0.39, 0.29) is 11.6 Å². The minimum absolute atomic E-state index is 0.275. The molecule has 546 valence electrons. The topological polar surface area (TPSA) is 6.48 Å². The monoisotopic (exact) mass is 1450 g/mol. The zero-order valence-electron chi connectivity index (χ0n) is 63.8. The van der Waals surface area contributed by atoms with Crippen LogP contribution in [0.5, 0.6) is 0 Å². The van der Waals surface area contributed by atoms with Crippen molar-refractivity contribution >= 4 is 46.3 Å². The SMILES string of the molecule is C=Cc1ccc(C2(c3cccc(F)c3)c3ccccc3-c3ccc(N(c4ccc(-c5ccccc5)cc4)c4ccc(-c5cc(CCCCCC)c(-c6ccc(N(c7ccc(-c8ccccc8)cc7)c7ccc8c(c7)C(c7ccc(C=C)cc7)(c7cccc(F)c7)c7ccccc7-8)cc6)cc5CCCCCC)cc4)cc32)cc1. The Labute approximate surface area is 659 Å². The Bertz CT molecular complexity index is 5520. The molecule has 0 amide bonds. The van der Waals surface area contributed by atoms with Gasteiger partial charge in [-0.25, -0.2) is 8.78 Å². The maximum Gasteiger partial charge on any atom is 0.123 e. The van der Waals surface area contributed by atoms with Crippen LogP contribution in [0.3, 0.4) is 0 Å². The molecule has 0 fully saturated rings. The molecule has 4 heteroatoms. The quantitative estimate of drug-likeness (QED) is 0.0499. The summed E-state index contributed by atoms with van der Waals surface area (Å²) in [7, 11) is 0. The maximum atomic E-state index is 16.0. The number of halogens is 2. The first-order chi connectivity index (χ1) is 55.2. The first-order valence-electron chi connectivity index (χ1n) is 39.9. The van der Waals surface area contributed by atoms with Gasteiger partial charge in [-0.15, -0.1) is 0 Å². The van der Waals surface area contributed by atoms with Crippen molar-refractivity contribution in [2.75, 3.05) is 9.80 Å². The Kier molecular flexibility index (Phi) is 20.4. The highest BCUT2D eigenvalue weighted by atomic mass is 19.1. The molecule has 0 saturated heterocycles. The van der Waals surface area contributed by atoms with Crippen molar-refractivity contribution in [1.29, 1.82) is 0 Å². The van der Waals surface area contributed by atoms with Gasteiger partial charge in [0.25, 0.3) is 0 Å². The summed E-state index contributed by atoms with van der Waals surface area (Å²) in [4.78, 5) is 4.79. The summed E-state index contributed by atoms with van der Waals surface area (Å²) in [5.41, 5.74) is 31.4. The number of aryl methyl sites for hydroxylation is 2. The van der Waals surface area contributed by atoms with Crippen molar-refractivity contribution in [3.05, 3.63) is 443 Å². The Hall–Kier alpha value is -12.8. The summed E-state index contributed by atoms with van der Waals surface area (Å²) in [6.07, 6.45) is 14.8. The van der Waals surface area contributed by atoms with Gasteiger partial charge in [-0.1, -0.05) is 332 Å². The fraction of sp³-hybridized carbons (Fsp3) is 0.130. The molecule has 112 heavy (non-hydrogen) atoms. The molecule has 0 heterocycles. The number of fused-ring (bicyclic) bond motifs is 6. The molecule has 0 saturated carbocycles. The van der Waals surface area contributed by atoms with Crippen LogP contribution in [-0.4, -0.2) is 0 Å².